The Balaban J connectivity index is 1.74. The Labute approximate surface area is 130 Å². The molecule has 3 atom stereocenters. The first-order chi connectivity index (χ1) is 10.1. The van der Waals surface area contributed by atoms with E-state index in [-0.39, 0.29) is 18.6 Å². The molecule has 0 aromatic heterocycles. The van der Waals surface area contributed by atoms with E-state index in [1.807, 2.05) is 43.0 Å². The summed E-state index contributed by atoms with van der Waals surface area (Å²) in [5, 5.41) is 16.5. The van der Waals surface area contributed by atoms with E-state index in [2.05, 4.69) is 16.9 Å². The molecule has 1 aliphatic rings. The van der Waals surface area contributed by atoms with Gasteiger partial charge in [-0.15, -0.1) is 0 Å². The van der Waals surface area contributed by atoms with Crippen LogP contribution in [0.5, 0.6) is 0 Å². The predicted octanol–water partition coefficient (Wildman–Crippen LogP) is 2.61. The average Bonchev–Trinajstić information content (AvgIpc) is 2.92. The van der Waals surface area contributed by atoms with Gasteiger partial charge in [0.25, 0.3) is 0 Å². The SMILES string of the molecule is CSC1CCC(NC(=O)NCC(O)c2cccc(C)c2)C1. The minimum atomic E-state index is -0.668. The van der Waals surface area contributed by atoms with Crippen molar-refractivity contribution in [3.05, 3.63) is 35.4 Å². The molecule has 2 rings (SSSR count). The van der Waals surface area contributed by atoms with Gasteiger partial charge in [-0.2, -0.15) is 11.8 Å². The number of amides is 2. The summed E-state index contributed by atoms with van der Waals surface area (Å²) in [4.78, 5) is 11.9. The number of hydrogen-bond donors (Lipinski definition) is 3. The van der Waals surface area contributed by atoms with Gasteiger partial charge in [0.05, 0.1) is 6.10 Å². The lowest BCUT2D eigenvalue weighted by molar-refractivity contribution is 0.172. The van der Waals surface area contributed by atoms with Crippen LogP contribution in [0.15, 0.2) is 24.3 Å². The Bertz CT molecular complexity index is 481. The second-order valence-corrected chi connectivity index (χ2v) is 6.79. The van der Waals surface area contributed by atoms with E-state index in [4.69, 9.17) is 0 Å². The molecule has 1 fully saturated rings. The van der Waals surface area contributed by atoms with Crippen LogP contribution in [-0.4, -0.2) is 35.2 Å². The third kappa shape index (κ3) is 4.93. The highest BCUT2D eigenvalue weighted by Gasteiger charge is 2.25. The van der Waals surface area contributed by atoms with Gasteiger partial charge in [-0.3, -0.25) is 0 Å². The first-order valence-corrected chi connectivity index (χ1v) is 8.69. The van der Waals surface area contributed by atoms with E-state index in [1.54, 1.807) is 0 Å². The number of aliphatic hydroxyl groups excluding tert-OH is 1. The van der Waals surface area contributed by atoms with Crippen LogP contribution in [0, 0.1) is 6.92 Å². The van der Waals surface area contributed by atoms with Gasteiger partial charge in [0, 0.05) is 17.8 Å². The van der Waals surface area contributed by atoms with Gasteiger partial charge >= 0.3 is 6.03 Å². The predicted molar refractivity (Wildman–Crippen MR) is 87.6 cm³/mol. The molecule has 0 bridgehead atoms. The summed E-state index contributed by atoms with van der Waals surface area (Å²) >= 11 is 1.87. The number of rotatable bonds is 5. The van der Waals surface area contributed by atoms with Crippen LogP contribution >= 0.6 is 11.8 Å². The number of aliphatic hydroxyl groups is 1. The van der Waals surface area contributed by atoms with Crippen molar-refractivity contribution < 1.29 is 9.90 Å². The van der Waals surface area contributed by atoms with E-state index in [9.17, 15) is 9.90 Å². The molecular weight excluding hydrogens is 284 g/mol. The summed E-state index contributed by atoms with van der Waals surface area (Å²) in [5.41, 5.74) is 1.93. The third-order valence-corrected chi connectivity index (χ3v) is 5.03. The number of nitrogens with one attached hydrogen (secondary N) is 2. The Hall–Kier alpha value is -1.20. The quantitative estimate of drug-likeness (QED) is 0.783. The topological polar surface area (TPSA) is 61.4 Å². The van der Waals surface area contributed by atoms with E-state index in [0.717, 1.165) is 30.4 Å². The maximum absolute atomic E-state index is 11.9. The standard InChI is InChI=1S/C16H24N2O2S/c1-11-4-3-5-12(8-11)15(19)10-17-16(20)18-13-6-7-14(9-13)21-2/h3-5,8,13-15,19H,6-7,9-10H2,1-2H3,(H2,17,18,20). The molecule has 3 N–H and O–H groups in total. The van der Waals surface area contributed by atoms with Gasteiger partial charge in [0.1, 0.15) is 0 Å². The molecule has 1 aromatic carbocycles. The Morgan fingerprint density at radius 3 is 2.95 bits per heavy atom. The molecule has 0 heterocycles. The lowest BCUT2D eigenvalue weighted by atomic mass is 10.1. The summed E-state index contributed by atoms with van der Waals surface area (Å²) < 4.78 is 0. The molecule has 1 saturated carbocycles. The number of carbonyl (C=O) groups is 1. The van der Waals surface area contributed by atoms with Gasteiger partial charge in [-0.1, -0.05) is 29.8 Å². The number of benzene rings is 1. The minimum Gasteiger partial charge on any atom is -0.387 e. The van der Waals surface area contributed by atoms with Crippen molar-refractivity contribution in [3.63, 3.8) is 0 Å². The molecule has 5 heteroatoms. The molecule has 3 unspecified atom stereocenters. The normalized spacial score (nSPS) is 22.8. The molecule has 1 aromatic rings. The lowest BCUT2D eigenvalue weighted by Crippen LogP contribution is -2.42. The number of carbonyl (C=O) groups excluding carboxylic acids is 1. The van der Waals surface area contributed by atoms with Crippen LogP contribution in [0.1, 0.15) is 36.5 Å². The van der Waals surface area contributed by atoms with Crippen LogP contribution in [0.4, 0.5) is 4.79 Å². The molecule has 21 heavy (non-hydrogen) atoms. The molecule has 0 saturated heterocycles. The minimum absolute atomic E-state index is 0.187. The maximum atomic E-state index is 11.9. The fraction of sp³-hybridized carbons (Fsp3) is 0.562. The first kappa shape index (κ1) is 16.2. The molecule has 2 amide bonds. The van der Waals surface area contributed by atoms with E-state index in [0.29, 0.717) is 5.25 Å². The van der Waals surface area contributed by atoms with Crippen LogP contribution in [0.3, 0.4) is 0 Å². The molecule has 0 aliphatic heterocycles. The lowest BCUT2D eigenvalue weighted by Gasteiger charge is -2.16. The number of thioether (sulfide) groups is 1. The van der Waals surface area contributed by atoms with Gasteiger partial charge in [-0.25, -0.2) is 4.79 Å². The Morgan fingerprint density at radius 1 is 1.48 bits per heavy atom. The fourth-order valence-electron chi connectivity index (χ4n) is 2.71. The number of aryl methyl sites for hydroxylation is 1. The fourth-order valence-corrected chi connectivity index (χ4v) is 3.50. The summed E-state index contributed by atoms with van der Waals surface area (Å²) in [5.74, 6) is 0. The molecule has 1 aliphatic carbocycles. The van der Waals surface area contributed by atoms with Crippen molar-refractivity contribution in [1.82, 2.24) is 10.6 Å². The van der Waals surface area contributed by atoms with Crippen molar-refractivity contribution in [3.8, 4) is 0 Å². The monoisotopic (exact) mass is 308 g/mol. The van der Waals surface area contributed by atoms with Gasteiger partial charge in [0.2, 0.25) is 0 Å². The molecule has 0 spiro atoms. The Morgan fingerprint density at radius 2 is 2.29 bits per heavy atom. The highest BCUT2D eigenvalue weighted by molar-refractivity contribution is 7.99. The largest absolute Gasteiger partial charge is 0.387 e. The van der Waals surface area contributed by atoms with Crippen LogP contribution in [0.2, 0.25) is 0 Å². The summed E-state index contributed by atoms with van der Waals surface area (Å²) in [6.07, 6.45) is 4.69. The first-order valence-electron chi connectivity index (χ1n) is 7.40. The molecule has 116 valence electrons. The van der Waals surface area contributed by atoms with Crippen LogP contribution in [-0.2, 0) is 0 Å². The van der Waals surface area contributed by atoms with E-state index < -0.39 is 6.10 Å². The van der Waals surface area contributed by atoms with Crippen LogP contribution < -0.4 is 10.6 Å². The van der Waals surface area contributed by atoms with Crippen molar-refractivity contribution >= 4 is 17.8 Å². The number of urea groups is 1. The second-order valence-electron chi connectivity index (χ2n) is 5.65. The summed E-state index contributed by atoms with van der Waals surface area (Å²) in [6, 6.07) is 7.78. The van der Waals surface area contributed by atoms with Gasteiger partial charge < -0.3 is 15.7 Å². The van der Waals surface area contributed by atoms with Crippen molar-refractivity contribution in [2.45, 2.75) is 43.6 Å². The van der Waals surface area contributed by atoms with E-state index in [1.165, 1.54) is 0 Å². The van der Waals surface area contributed by atoms with Gasteiger partial charge in [0.15, 0.2) is 0 Å². The highest BCUT2D eigenvalue weighted by atomic mass is 32.2. The zero-order valence-corrected chi connectivity index (χ0v) is 13.5. The molecular formula is C16H24N2O2S. The average molecular weight is 308 g/mol. The maximum Gasteiger partial charge on any atom is 0.315 e. The zero-order valence-electron chi connectivity index (χ0n) is 12.6. The third-order valence-electron chi connectivity index (χ3n) is 3.94. The van der Waals surface area contributed by atoms with Crippen molar-refractivity contribution in [2.24, 2.45) is 0 Å². The smallest absolute Gasteiger partial charge is 0.315 e. The zero-order chi connectivity index (χ0) is 15.2. The Kier molecular flexibility index (Phi) is 5.94. The van der Waals surface area contributed by atoms with Crippen LogP contribution in [0.25, 0.3) is 0 Å². The second kappa shape index (κ2) is 7.71. The van der Waals surface area contributed by atoms with Gasteiger partial charge in [-0.05, 0) is 38.0 Å². The highest BCUT2D eigenvalue weighted by Crippen LogP contribution is 2.28. The van der Waals surface area contributed by atoms with Crippen molar-refractivity contribution in [2.75, 3.05) is 12.8 Å². The van der Waals surface area contributed by atoms with Crippen molar-refractivity contribution in [1.29, 1.82) is 0 Å². The summed E-state index contributed by atoms with van der Waals surface area (Å²) in [7, 11) is 0. The number of hydrogen-bond acceptors (Lipinski definition) is 3. The summed E-state index contributed by atoms with van der Waals surface area (Å²) in [6.45, 7) is 2.21. The molecule has 4 nitrogen and oxygen atoms in total. The van der Waals surface area contributed by atoms with E-state index >= 15 is 0 Å². The molecule has 0 radical (unpaired) electrons.